The Hall–Kier alpha value is -1.43. The number of ether oxygens (including phenoxy) is 1. The second-order valence-electron chi connectivity index (χ2n) is 17.8. The Morgan fingerprint density at radius 3 is 2.14 bits per heavy atom. The number of hydrogen-bond acceptors (Lipinski definition) is 4. The van der Waals surface area contributed by atoms with Gasteiger partial charge in [-0.1, -0.05) is 65.0 Å². The first-order chi connectivity index (χ1) is 20.1. The topological polar surface area (TPSA) is 87.0 Å². The standard InChI is InChI=1S/C38H56O5/c1-25-37-13-12-27-33(4)17-16-31(2)14-15-32(3,30(40)41)23-28(31)34(33,5)18-19-35(27,6)36(37,24-39)20-21-38(25,42)43-29(37)22-26-10-8-7-9-11-26/h7-11,25,27-29,39,42H,12-24H2,1-6H3,(H,40,41)/t25-,27-,28+,29-,31-,32+,33-,34-,35+,36+,37+,38-/m0/s1. The molecule has 43 heavy (non-hydrogen) atoms. The summed E-state index contributed by atoms with van der Waals surface area (Å²) in [4.78, 5) is 12.5. The van der Waals surface area contributed by atoms with Crippen LogP contribution in [0.2, 0.25) is 0 Å². The fourth-order valence-electron chi connectivity index (χ4n) is 13.9. The molecule has 0 amide bonds. The molecule has 5 heteroatoms. The molecule has 1 aromatic carbocycles. The first kappa shape index (κ1) is 30.2. The largest absolute Gasteiger partial charge is 0.481 e. The molecule has 7 rings (SSSR count). The summed E-state index contributed by atoms with van der Waals surface area (Å²) in [7, 11) is 0. The van der Waals surface area contributed by atoms with E-state index in [0.717, 1.165) is 57.8 Å². The second-order valence-corrected chi connectivity index (χ2v) is 17.8. The van der Waals surface area contributed by atoms with Gasteiger partial charge in [0.25, 0.3) is 0 Å². The van der Waals surface area contributed by atoms with E-state index in [9.17, 15) is 20.1 Å². The number of carboxylic acids is 1. The minimum atomic E-state index is -1.13. The number of aliphatic hydroxyl groups excluding tert-OH is 1. The van der Waals surface area contributed by atoms with E-state index in [4.69, 9.17) is 4.74 Å². The molecule has 1 aliphatic heterocycles. The van der Waals surface area contributed by atoms with E-state index in [0.29, 0.717) is 18.3 Å². The maximum absolute atomic E-state index is 12.5. The molecule has 5 nitrogen and oxygen atoms in total. The van der Waals surface area contributed by atoms with E-state index in [-0.39, 0.29) is 51.1 Å². The van der Waals surface area contributed by atoms with Crippen molar-refractivity contribution in [3.8, 4) is 0 Å². The van der Waals surface area contributed by atoms with Crippen molar-refractivity contribution < 1.29 is 24.9 Å². The predicted molar refractivity (Wildman–Crippen MR) is 167 cm³/mol. The lowest BCUT2D eigenvalue weighted by Gasteiger charge is -2.77. The second kappa shape index (κ2) is 9.10. The molecule has 1 spiro atoms. The molecular weight excluding hydrogens is 536 g/mol. The number of rotatable bonds is 4. The molecule has 1 heterocycles. The Morgan fingerprint density at radius 1 is 0.837 bits per heavy atom. The normalized spacial score (nSPS) is 55.4. The average molecular weight is 593 g/mol. The van der Waals surface area contributed by atoms with E-state index in [1.807, 2.05) is 6.92 Å². The van der Waals surface area contributed by atoms with Crippen LogP contribution in [0.4, 0.5) is 0 Å². The quantitative estimate of drug-likeness (QED) is 0.335. The molecule has 1 aromatic rings. The van der Waals surface area contributed by atoms with Crippen LogP contribution in [0, 0.1) is 55.7 Å². The maximum Gasteiger partial charge on any atom is 0.309 e. The molecule has 6 fully saturated rings. The van der Waals surface area contributed by atoms with Gasteiger partial charge in [-0.15, -0.1) is 0 Å². The highest BCUT2D eigenvalue weighted by molar-refractivity contribution is 5.74. The highest BCUT2D eigenvalue weighted by Gasteiger charge is 2.81. The fourth-order valence-corrected chi connectivity index (χ4v) is 13.9. The Balaban J connectivity index is 1.32. The van der Waals surface area contributed by atoms with Gasteiger partial charge in [-0.3, -0.25) is 4.79 Å². The molecule has 0 unspecified atom stereocenters. The first-order valence-electron chi connectivity index (χ1n) is 17.4. The van der Waals surface area contributed by atoms with Gasteiger partial charge in [0, 0.05) is 29.8 Å². The van der Waals surface area contributed by atoms with Crippen molar-refractivity contribution in [2.24, 2.45) is 55.7 Å². The van der Waals surface area contributed by atoms with Crippen molar-refractivity contribution in [3.05, 3.63) is 35.9 Å². The number of carbonyl (C=O) groups is 1. The van der Waals surface area contributed by atoms with Crippen LogP contribution in [-0.2, 0) is 16.0 Å². The van der Waals surface area contributed by atoms with Crippen LogP contribution in [0.1, 0.15) is 118 Å². The van der Waals surface area contributed by atoms with Gasteiger partial charge < -0.3 is 20.1 Å². The van der Waals surface area contributed by atoms with Crippen molar-refractivity contribution in [2.75, 3.05) is 6.61 Å². The molecule has 5 aliphatic carbocycles. The predicted octanol–water partition coefficient (Wildman–Crippen LogP) is 7.63. The van der Waals surface area contributed by atoms with Gasteiger partial charge in [0.2, 0.25) is 0 Å². The van der Waals surface area contributed by atoms with Crippen LogP contribution in [0.3, 0.4) is 0 Å². The van der Waals surface area contributed by atoms with E-state index in [1.54, 1.807) is 0 Å². The molecule has 1 saturated heterocycles. The summed E-state index contributed by atoms with van der Waals surface area (Å²) in [6, 6.07) is 10.6. The number of aliphatic hydroxyl groups is 2. The number of benzene rings is 1. The lowest BCUT2D eigenvalue weighted by atomic mass is 9.26. The van der Waals surface area contributed by atoms with E-state index >= 15 is 0 Å². The molecule has 6 aliphatic rings. The van der Waals surface area contributed by atoms with Gasteiger partial charge in [0.15, 0.2) is 5.79 Å². The summed E-state index contributed by atoms with van der Waals surface area (Å²) in [6.07, 6.45) is 11.1. The van der Waals surface area contributed by atoms with E-state index < -0.39 is 17.2 Å². The molecule has 12 atom stereocenters. The zero-order valence-corrected chi connectivity index (χ0v) is 27.5. The summed E-state index contributed by atoms with van der Waals surface area (Å²) < 4.78 is 6.77. The average Bonchev–Trinajstić information content (AvgIpc) is 3.10. The highest BCUT2D eigenvalue weighted by Crippen LogP contribution is 2.83. The third kappa shape index (κ3) is 3.43. The lowest BCUT2D eigenvalue weighted by molar-refractivity contribution is -0.307. The first-order valence-corrected chi connectivity index (χ1v) is 17.4. The maximum atomic E-state index is 12.5. The van der Waals surface area contributed by atoms with Crippen LogP contribution in [0.5, 0.6) is 0 Å². The lowest BCUT2D eigenvalue weighted by Crippen LogP contribution is -2.73. The molecule has 0 aromatic heterocycles. The van der Waals surface area contributed by atoms with Crippen LogP contribution in [0.25, 0.3) is 0 Å². The summed E-state index contributed by atoms with van der Waals surface area (Å²) in [5, 5.41) is 34.0. The number of carboxylic acid groups (broad SMARTS) is 1. The van der Waals surface area contributed by atoms with Gasteiger partial charge in [-0.25, -0.2) is 0 Å². The van der Waals surface area contributed by atoms with Crippen molar-refractivity contribution in [1.82, 2.24) is 0 Å². The van der Waals surface area contributed by atoms with Gasteiger partial charge >= 0.3 is 5.97 Å². The molecule has 238 valence electrons. The van der Waals surface area contributed by atoms with E-state index in [1.165, 1.54) is 18.4 Å². The molecule has 3 N–H and O–H groups in total. The highest BCUT2D eigenvalue weighted by atomic mass is 16.6. The molecule has 0 radical (unpaired) electrons. The van der Waals surface area contributed by atoms with Gasteiger partial charge in [-0.2, -0.15) is 0 Å². The summed E-state index contributed by atoms with van der Waals surface area (Å²) in [5.41, 5.74) is 0.174. The Morgan fingerprint density at radius 2 is 1.47 bits per heavy atom. The van der Waals surface area contributed by atoms with Crippen LogP contribution in [0.15, 0.2) is 30.3 Å². The van der Waals surface area contributed by atoms with Crippen molar-refractivity contribution in [1.29, 1.82) is 0 Å². The summed E-state index contributed by atoms with van der Waals surface area (Å²) in [6.45, 7) is 14.5. The van der Waals surface area contributed by atoms with E-state index in [2.05, 4.69) is 65.0 Å². The minimum absolute atomic E-state index is 0.0437. The minimum Gasteiger partial charge on any atom is -0.481 e. The SMILES string of the molecule is C[C@H]1[C@@]23CC[C@H]4[C@]5(C)CC[C@]6(C)CC[C@@](C)(C(=O)O)C[C@H]6[C@]5(C)CC[C@@]4(C)[C@]2(CO)CC[C@]1(O)O[C@H]3Cc1ccccc1. The van der Waals surface area contributed by atoms with Gasteiger partial charge in [0.1, 0.15) is 0 Å². The third-order valence-corrected chi connectivity index (χ3v) is 16.9. The van der Waals surface area contributed by atoms with Crippen molar-refractivity contribution in [3.63, 3.8) is 0 Å². The van der Waals surface area contributed by atoms with Crippen LogP contribution < -0.4 is 0 Å². The van der Waals surface area contributed by atoms with Gasteiger partial charge in [-0.05, 0) is 117 Å². The zero-order chi connectivity index (χ0) is 30.9. The van der Waals surface area contributed by atoms with Crippen LogP contribution >= 0.6 is 0 Å². The Bertz CT molecular complexity index is 1300. The molecule has 5 saturated carbocycles. The zero-order valence-electron chi connectivity index (χ0n) is 27.5. The number of aliphatic carboxylic acids is 1. The Labute approximate surface area is 259 Å². The summed E-state index contributed by atoms with van der Waals surface area (Å²) in [5.74, 6) is -0.979. The third-order valence-electron chi connectivity index (χ3n) is 16.9. The van der Waals surface area contributed by atoms with Crippen LogP contribution in [-0.4, -0.2) is 39.8 Å². The molecular formula is C38H56O5. The van der Waals surface area contributed by atoms with Crippen molar-refractivity contribution in [2.45, 2.75) is 130 Å². The molecule has 2 bridgehead atoms. The smallest absolute Gasteiger partial charge is 0.309 e. The van der Waals surface area contributed by atoms with Crippen molar-refractivity contribution >= 4 is 5.97 Å². The van der Waals surface area contributed by atoms with Gasteiger partial charge in [0.05, 0.1) is 11.5 Å². The Kier molecular flexibility index (Phi) is 6.40. The fraction of sp³-hybridized carbons (Fsp3) is 0.816. The monoisotopic (exact) mass is 592 g/mol. The number of hydrogen-bond donors (Lipinski definition) is 3. The number of fused-ring (bicyclic) bond motifs is 7. The summed E-state index contributed by atoms with van der Waals surface area (Å²) >= 11 is 0.